The molecule has 2 heterocycles. The number of rotatable bonds is 2. The molecule has 16 heavy (non-hydrogen) atoms. The summed E-state index contributed by atoms with van der Waals surface area (Å²) in [5, 5.41) is 10.2. The average Bonchev–Trinajstić information content (AvgIpc) is 2.58. The second-order valence-corrected chi connectivity index (χ2v) is 5.10. The van der Waals surface area contributed by atoms with Gasteiger partial charge in [-0.2, -0.15) is 0 Å². The number of pyridine rings is 1. The first kappa shape index (κ1) is 11.6. The molecule has 0 spiro atoms. The molecule has 1 aromatic rings. The van der Waals surface area contributed by atoms with Gasteiger partial charge >= 0.3 is 0 Å². The molecule has 0 amide bonds. The molecule has 1 fully saturated rings. The van der Waals surface area contributed by atoms with Gasteiger partial charge in [-0.25, -0.2) is 0 Å². The van der Waals surface area contributed by atoms with Crippen molar-refractivity contribution in [2.75, 3.05) is 0 Å². The molecular formula is C13H19NO2. The van der Waals surface area contributed by atoms with Crippen LogP contribution in [0.1, 0.15) is 44.2 Å². The molecule has 2 rings (SSSR count). The van der Waals surface area contributed by atoms with Crippen molar-refractivity contribution in [2.45, 2.75) is 51.4 Å². The monoisotopic (exact) mass is 221 g/mol. The summed E-state index contributed by atoms with van der Waals surface area (Å²) in [6.07, 6.45) is 1.15. The molecule has 0 saturated carbocycles. The fourth-order valence-electron chi connectivity index (χ4n) is 2.16. The van der Waals surface area contributed by atoms with Crippen molar-refractivity contribution in [1.29, 1.82) is 0 Å². The molecule has 3 heteroatoms. The summed E-state index contributed by atoms with van der Waals surface area (Å²) in [6.45, 7) is 6.04. The van der Waals surface area contributed by atoms with Crippen molar-refractivity contribution >= 4 is 0 Å². The molecule has 0 radical (unpaired) electrons. The predicted molar refractivity (Wildman–Crippen MR) is 62.1 cm³/mol. The van der Waals surface area contributed by atoms with Gasteiger partial charge < -0.3 is 9.84 Å². The van der Waals surface area contributed by atoms with E-state index in [1.165, 1.54) is 0 Å². The molecule has 1 N–H and O–H groups in total. The van der Waals surface area contributed by atoms with E-state index >= 15 is 0 Å². The van der Waals surface area contributed by atoms with Gasteiger partial charge in [0, 0.05) is 5.69 Å². The molecule has 88 valence electrons. The Morgan fingerprint density at radius 2 is 2.25 bits per heavy atom. The van der Waals surface area contributed by atoms with Gasteiger partial charge in [0.05, 0.1) is 17.4 Å². The topological polar surface area (TPSA) is 42.4 Å². The lowest BCUT2D eigenvalue weighted by Gasteiger charge is -2.22. The molecule has 0 bridgehead atoms. The van der Waals surface area contributed by atoms with Crippen molar-refractivity contribution in [2.24, 2.45) is 0 Å². The quantitative estimate of drug-likeness (QED) is 0.833. The minimum absolute atomic E-state index is 0.116. The van der Waals surface area contributed by atoms with Crippen LogP contribution in [0.15, 0.2) is 18.2 Å². The van der Waals surface area contributed by atoms with E-state index in [0.29, 0.717) is 5.69 Å². The van der Waals surface area contributed by atoms with Crippen LogP contribution in [0.4, 0.5) is 0 Å². The average molecular weight is 221 g/mol. The molecule has 3 nitrogen and oxygen atoms in total. The summed E-state index contributed by atoms with van der Waals surface area (Å²) in [5.41, 5.74) is 1.52. The van der Waals surface area contributed by atoms with E-state index in [2.05, 4.69) is 18.8 Å². The van der Waals surface area contributed by atoms with E-state index in [4.69, 9.17) is 4.74 Å². The molecule has 2 unspecified atom stereocenters. The van der Waals surface area contributed by atoms with Crippen LogP contribution in [0.5, 0.6) is 0 Å². The second kappa shape index (κ2) is 4.15. The molecule has 1 aliphatic heterocycles. The molecule has 2 atom stereocenters. The first-order chi connectivity index (χ1) is 7.48. The fraction of sp³-hybridized carbons (Fsp3) is 0.615. The SMILES string of the molecule is Cc1cccc(C(O)C2CCC(C)(C)O2)n1. The van der Waals surface area contributed by atoms with Crippen LogP contribution in [0.2, 0.25) is 0 Å². The Morgan fingerprint density at radius 1 is 1.50 bits per heavy atom. The second-order valence-electron chi connectivity index (χ2n) is 5.10. The van der Waals surface area contributed by atoms with E-state index in [-0.39, 0.29) is 11.7 Å². The van der Waals surface area contributed by atoms with Gasteiger partial charge in [0.2, 0.25) is 0 Å². The molecule has 0 aliphatic carbocycles. The molecular weight excluding hydrogens is 202 g/mol. The molecule has 1 aromatic heterocycles. The minimum atomic E-state index is -0.610. The van der Waals surface area contributed by atoms with E-state index in [0.717, 1.165) is 18.5 Å². The lowest BCUT2D eigenvalue weighted by atomic mass is 10.0. The number of nitrogens with zero attached hydrogens (tertiary/aromatic N) is 1. The molecule has 1 aliphatic rings. The van der Waals surface area contributed by atoms with Crippen LogP contribution >= 0.6 is 0 Å². The summed E-state index contributed by atoms with van der Waals surface area (Å²) in [5.74, 6) is 0. The lowest BCUT2D eigenvalue weighted by molar-refractivity contribution is -0.0732. The van der Waals surface area contributed by atoms with E-state index in [1.54, 1.807) is 0 Å². The standard InChI is InChI=1S/C13H19NO2/c1-9-5-4-6-10(14-9)12(15)11-7-8-13(2,3)16-11/h4-6,11-12,15H,7-8H2,1-3H3. The maximum Gasteiger partial charge on any atom is 0.122 e. The Labute approximate surface area is 96.5 Å². The number of aromatic nitrogens is 1. The summed E-state index contributed by atoms with van der Waals surface area (Å²) >= 11 is 0. The highest BCUT2D eigenvalue weighted by atomic mass is 16.5. The lowest BCUT2D eigenvalue weighted by Crippen LogP contribution is -2.24. The number of aliphatic hydroxyl groups excluding tert-OH is 1. The number of aryl methyl sites for hydroxylation is 1. The van der Waals surface area contributed by atoms with Crippen molar-refractivity contribution in [3.8, 4) is 0 Å². The van der Waals surface area contributed by atoms with Gasteiger partial charge in [-0.15, -0.1) is 0 Å². The zero-order chi connectivity index (χ0) is 11.8. The highest BCUT2D eigenvalue weighted by Crippen LogP contribution is 2.35. The summed E-state index contributed by atoms with van der Waals surface area (Å²) in [6, 6.07) is 5.70. The Hall–Kier alpha value is -0.930. The summed E-state index contributed by atoms with van der Waals surface area (Å²) < 4.78 is 5.81. The van der Waals surface area contributed by atoms with Crippen molar-refractivity contribution in [3.63, 3.8) is 0 Å². The van der Waals surface area contributed by atoms with E-state index in [1.807, 2.05) is 25.1 Å². The van der Waals surface area contributed by atoms with Gasteiger partial charge in [0.15, 0.2) is 0 Å². The van der Waals surface area contributed by atoms with Gasteiger partial charge in [-0.1, -0.05) is 6.07 Å². The van der Waals surface area contributed by atoms with Gasteiger partial charge in [0.25, 0.3) is 0 Å². The third-order valence-electron chi connectivity index (χ3n) is 3.07. The smallest absolute Gasteiger partial charge is 0.122 e. The fourth-order valence-corrected chi connectivity index (χ4v) is 2.16. The summed E-state index contributed by atoms with van der Waals surface area (Å²) in [4.78, 5) is 4.34. The van der Waals surface area contributed by atoms with Gasteiger partial charge in [-0.05, 0) is 45.7 Å². The van der Waals surface area contributed by atoms with Crippen LogP contribution in [-0.4, -0.2) is 21.8 Å². The van der Waals surface area contributed by atoms with Crippen molar-refractivity contribution in [1.82, 2.24) is 4.98 Å². The molecule has 0 aromatic carbocycles. The van der Waals surface area contributed by atoms with Crippen LogP contribution in [-0.2, 0) is 4.74 Å². The largest absolute Gasteiger partial charge is 0.384 e. The summed E-state index contributed by atoms with van der Waals surface area (Å²) in [7, 11) is 0. The van der Waals surface area contributed by atoms with E-state index in [9.17, 15) is 5.11 Å². The first-order valence-electron chi connectivity index (χ1n) is 5.77. The van der Waals surface area contributed by atoms with Crippen molar-refractivity contribution < 1.29 is 9.84 Å². The van der Waals surface area contributed by atoms with Crippen LogP contribution in [0.3, 0.4) is 0 Å². The maximum atomic E-state index is 10.2. The van der Waals surface area contributed by atoms with Crippen LogP contribution in [0, 0.1) is 6.92 Å². The van der Waals surface area contributed by atoms with Gasteiger partial charge in [0.1, 0.15) is 6.10 Å². The maximum absolute atomic E-state index is 10.2. The number of aliphatic hydroxyl groups is 1. The Balaban J connectivity index is 2.11. The van der Waals surface area contributed by atoms with E-state index < -0.39 is 6.10 Å². The minimum Gasteiger partial charge on any atom is -0.384 e. The predicted octanol–water partition coefficient (Wildman–Crippen LogP) is 2.38. The van der Waals surface area contributed by atoms with Gasteiger partial charge in [-0.3, -0.25) is 4.98 Å². The van der Waals surface area contributed by atoms with Crippen LogP contribution < -0.4 is 0 Å². The normalized spacial score (nSPS) is 25.6. The highest BCUT2D eigenvalue weighted by Gasteiger charge is 2.36. The number of hydrogen-bond acceptors (Lipinski definition) is 3. The number of hydrogen-bond donors (Lipinski definition) is 1. The first-order valence-corrected chi connectivity index (χ1v) is 5.77. The Bertz CT molecular complexity index is 376. The molecule has 1 saturated heterocycles. The van der Waals surface area contributed by atoms with Crippen molar-refractivity contribution in [3.05, 3.63) is 29.6 Å². The zero-order valence-corrected chi connectivity index (χ0v) is 10.1. The third kappa shape index (κ3) is 2.42. The number of ether oxygens (including phenoxy) is 1. The Kier molecular flexibility index (Phi) is 3.00. The highest BCUT2D eigenvalue weighted by molar-refractivity contribution is 5.13. The zero-order valence-electron chi connectivity index (χ0n) is 10.1. The van der Waals surface area contributed by atoms with Crippen LogP contribution in [0.25, 0.3) is 0 Å². The Morgan fingerprint density at radius 3 is 2.81 bits per heavy atom. The third-order valence-corrected chi connectivity index (χ3v) is 3.07.